The van der Waals surface area contributed by atoms with Crippen LogP contribution in [0, 0.1) is 0 Å². The summed E-state index contributed by atoms with van der Waals surface area (Å²) in [5, 5.41) is 13.5. The van der Waals surface area contributed by atoms with E-state index in [9.17, 15) is 9.59 Å². The van der Waals surface area contributed by atoms with Crippen LogP contribution in [0.4, 0.5) is 5.69 Å². The Bertz CT molecular complexity index is 656. The number of hydrogen-bond donors (Lipinski definition) is 2. The van der Waals surface area contributed by atoms with Crippen LogP contribution in [0.3, 0.4) is 0 Å². The van der Waals surface area contributed by atoms with Crippen LogP contribution in [0.1, 0.15) is 20.0 Å². The quantitative estimate of drug-likeness (QED) is 0.865. The van der Waals surface area contributed by atoms with Gasteiger partial charge in [-0.2, -0.15) is 0 Å². The minimum atomic E-state index is -1.14. The summed E-state index contributed by atoms with van der Waals surface area (Å²) in [4.78, 5) is 23.4. The third-order valence-corrected chi connectivity index (χ3v) is 4.44. The molecule has 7 heteroatoms. The van der Waals surface area contributed by atoms with Crippen LogP contribution in [0.15, 0.2) is 34.1 Å². The van der Waals surface area contributed by atoms with E-state index in [1.165, 1.54) is 23.5 Å². The molecule has 0 aliphatic heterocycles. The highest BCUT2D eigenvalue weighted by Crippen LogP contribution is 2.25. The lowest BCUT2D eigenvalue weighted by Gasteiger charge is -2.06. The number of nitrogens with one attached hydrogen (secondary N) is 1. The Hall–Kier alpha value is -1.37. The molecule has 1 amide bonds. The van der Waals surface area contributed by atoms with Gasteiger partial charge in [-0.1, -0.05) is 11.6 Å². The first-order chi connectivity index (χ1) is 8.99. The number of carboxylic acids is 1. The maximum Gasteiger partial charge on any atom is 0.337 e. The highest BCUT2D eigenvalue weighted by molar-refractivity contribution is 9.10. The second kappa shape index (κ2) is 5.73. The Kier molecular flexibility index (Phi) is 4.24. The predicted octanol–water partition coefficient (Wildman–Crippen LogP) is 4.11. The van der Waals surface area contributed by atoms with Crippen LogP contribution >= 0.6 is 38.9 Å². The largest absolute Gasteiger partial charge is 0.478 e. The molecule has 0 aliphatic carbocycles. The predicted molar refractivity (Wildman–Crippen MR) is 78.4 cm³/mol. The highest BCUT2D eigenvalue weighted by atomic mass is 79.9. The summed E-state index contributed by atoms with van der Waals surface area (Å²) < 4.78 is 0.697. The molecule has 0 saturated heterocycles. The first-order valence-electron chi connectivity index (χ1n) is 5.06. The van der Waals surface area contributed by atoms with Gasteiger partial charge in [0.2, 0.25) is 0 Å². The Balaban J connectivity index is 2.25. The fourth-order valence-electron chi connectivity index (χ4n) is 1.41. The van der Waals surface area contributed by atoms with Gasteiger partial charge in [-0.25, -0.2) is 4.79 Å². The number of anilines is 1. The molecular formula is C12H7BrClNO3S. The average molecular weight is 361 g/mol. The van der Waals surface area contributed by atoms with Gasteiger partial charge in [0.1, 0.15) is 4.88 Å². The Morgan fingerprint density at radius 3 is 2.63 bits per heavy atom. The molecule has 0 saturated carbocycles. The van der Waals surface area contributed by atoms with Crippen LogP contribution in [0.25, 0.3) is 0 Å². The van der Waals surface area contributed by atoms with E-state index >= 15 is 0 Å². The Morgan fingerprint density at radius 1 is 1.32 bits per heavy atom. The summed E-state index contributed by atoms with van der Waals surface area (Å²) in [6.45, 7) is 0. The SMILES string of the molecule is O=C(O)c1cc(NC(=O)c2sccc2Br)ccc1Cl. The van der Waals surface area contributed by atoms with Gasteiger partial charge >= 0.3 is 5.97 Å². The number of benzene rings is 1. The first-order valence-corrected chi connectivity index (χ1v) is 7.11. The van der Waals surface area contributed by atoms with Gasteiger partial charge < -0.3 is 10.4 Å². The van der Waals surface area contributed by atoms with Gasteiger partial charge in [-0.15, -0.1) is 11.3 Å². The molecule has 0 atom stereocenters. The molecule has 4 nitrogen and oxygen atoms in total. The van der Waals surface area contributed by atoms with Crippen molar-refractivity contribution in [3.63, 3.8) is 0 Å². The highest BCUT2D eigenvalue weighted by Gasteiger charge is 2.14. The zero-order chi connectivity index (χ0) is 14.0. The lowest BCUT2D eigenvalue weighted by atomic mass is 10.2. The van der Waals surface area contributed by atoms with E-state index in [1.54, 1.807) is 17.5 Å². The number of rotatable bonds is 3. The second-order valence-corrected chi connectivity index (χ2v) is 5.73. The fraction of sp³-hybridized carbons (Fsp3) is 0. The smallest absolute Gasteiger partial charge is 0.337 e. The maximum absolute atomic E-state index is 12.0. The summed E-state index contributed by atoms with van der Waals surface area (Å²) in [6, 6.07) is 6.08. The molecule has 19 heavy (non-hydrogen) atoms. The number of halogens is 2. The molecule has 2 rings (SSSR count). The van der Waals surface area contributed by atoms with Crippen LogP contribution in [0.5, 0.6) is 0 Å². The molecule has 2 aromatic rings. The molecule has 0 bridgehead atoms. The molecule has 0 spiro atoms. The summed E-state index contributed by atoms with van der Waals surface area (Å²) in [7, 11) is 0. The monoisotopic (exact) mass is 359 g/mol. The van der Waals surface area contributed by atoms with Crippen LogP contribution < -0.4 is 5.32 Å². The molecule has 2 N–H and O–H groups in total. The van der Waals surface area contributed by atoms with Crippen LogP contribution in [-0.2, 0) is 0 Å². The Morgan fingerprint density at radius 2 is 2.05 bits per heavy atom. The normalized spacial score (nSPS) is 10.2. The number of amides is 1. The molecule has 0 fully saturated rings. The van der Waals surface area contributed by atoms with Crippen molar-refractivity contribution < 1.29 is 14.7 Å². The summed E-state index contributed by atoms with van der Waals surface area (Å²) in [5.74, 6) is -1.45. The third kappa shape index (κ3) is 3.15. The maximum atomic E-state index is 12.0. The molecule has 0 unspecified atom stereocenters. The molecule has 0 aliphatic rings. The fourth-order valence-corrected chi connectivity index (χ4v) is 3.06. The van der Waals surface area contributed by atoms with Gasteiger partial charge in [0.25, 0.3) is 5.91 Å². The number of aromatic carboxylic acids is 1. The number of carboxylic acid groups (broad SMARTS) is 1. The van der Waals surface area contributed by atoms with Crippen molar-refractivity contribution in [3.8, 4) is 0 Å². The van der Waals surface area contributed by atoms with Gasteiger partial charge in [-0.3, -0.25) is 4.79 Å². The van der Waals surface area contributed by atoms with E-state index in [0.717, 1.165) is 0 Å². The summed E-state index contributed by atoms with van der Waals surface area (Å²) >= 11 is 10.3. The van der Waals surface area contributed by atoms with Crippen molar-refractivity contribution in [2.45, 2.75) is 0 Å². The number of hydrogen-bond acceptors (Lipinski definition) is 3. The number of carbonyl (C=O) groups is 2. The lowest BCUT2D eigenvalue weighted by molar-refractivity contribution is 0.0696. The molecular weight excluding hydrogens is 354 g/mol. The van der Waals surface area contributed by atoms with E-state index in [-0.39, 0.29) is 16.5 Å². The zero-order valence-electron chi connectivity index (χ0n) is 9.31. The second-order valence-electron chi connectivity index (χ2n) is 3.55. The standard InChI is InChI=1S/C12H7BrClNO3S/c13-8-3-4-19-10(8)11(16)15-6-1-2-9(14)7(5-6)12(17)18/h1-5H,(H,15,16)(H,17,18). The summed E-state index contributed by atoms with van der Waals surface area (Å²) in [5.41, 5.74) is 0.330. The third-order valence-electron chi connectivity index (χ3n) is 2.28. The zero-order valence-corrected chi connectivity index (χ0v) is 12.5. The van der Waals surface area contributed by atoms with E-state index in [4.69, 9.17) is 16.7 Å². The first kappa shape index (κ1) is 14.0. The van der Waals surface area contributed by atoms with Gasteiger partial charge in [0, 0.05) is 10.2 Å². The van der Waals surface area contributed by atoms with Crippen molar-refractivity contribution in [2.75, 3.05) is 5.32 Å². The molecule has 1 heterocycles. The molecule has 1 aromatic heterocycles. The summed E-state index contributed by atoms with van der Waals surface area (Å²) in [6.07, 6.45) is 0. The molecule has 1 aromatic carbocycles. The van der Waals surface area contributed by atoms with Crippen LogP contribution in [0.2, 0.25) is 5.02 Å². The van der Waals surface area contributed by atoms with Gasteiger partial charge in [0.15, 0.2) is 0 Å². The van der Waals surface area contributed by atoms with Gasteiger partial charge in [0.05, 0.1) is 10.6 Å². The van der Waals surface area contributed by atoms with E-state index in [0.29, 0.717) is 15.0 Å². The lowest BCUT2D eigenvalue weighted by Crippen LogP contribution is -2.11. The number of carbonyl (C=O) groups excluding carboxylic acids is 1. The van der Waals surface area contributed by atoms with E-state index in [2.05, 4.69) is 21.2 Å². The van der Waals surface area contributed by atoms with Crippen molar-refractivity contribution in [1.82, 2.24) is 0 Å². The topological polar surface area (TPSA) is 66.4 Å². The van der Waals surface area contributed by atoms with Crippen molar-refractivity contribution >= 4 is 56.4 Å². The minimum absolute atomic E-state index is 0.0512. The van der Waals surface area contributed by atoms with Crippen molar-refractivity contribution in [2.24, 2.45) is 0 Å². The molecule has 98 valence electrons. The number of thiophene rings is 1. The molecule has 0 radical (unpaired) electrons. The Labute approximate surface area is 126 Å². The van der Waals surface area contributed by atoms with Crippen molar-refractivity contribution in [1.29, 1.82) is 0 Å². The van der Waals surface area contributed by atoms with E-state index in [1.807, 2.05) is 0 Å². The van der Waals surface area contributed by atoms with Gasteiger partial charge in [-0.05, 0) is 45.6 Å². The van der Waals surface area contributed by atoms with E-state index < -0.39 is 5.97 Å². The minimum Gasteiger partial charge on any atom is -0.478 e. The van der Waals surface area contributed by atoms with Crippen molar-refractivity contribution in [3.05, 3.63) is 49.6 Å². The average Bonchev–Trinajstić information content (AvgIpc) is 2.77. The van der Waals surface area contributed by atoms with Crippen LogP contribution in [-0.4, -0.2) is 17.0 Å².